The van der Waals surface area contributed by atoms with Crippen LogP contribution in [0.15, 0.2) is 45.6 Å². The van der Waals surface area contributed by atoms with Gasteiger partial charge in [0.05, 0.1) is 31.7 Å². The fourth-order valence-electron chi connectivity index (χ4n) is 1.80. The Hall–Kier alpha value is -2.01. The molecule has 1 unspecified atom stereocenters. The van der Waals surface area contributed by atoms with Crippen LogP contribution in [0.3, 0.4) is 0 Å². The highest BCUT2D eigenvalue weighted by Gasteiger charge is 2.21. The number of hydrogen-bond donors (Lipinski definition) is 1. The Kier molecular flexibility index (Phi) is 4.41. The molecule has 2 N–H and O–H groups in total. The summed E-state index contributed by atoms with van der Waals surface area (Å²) in [6.07, 6.45) is 3.78. The van der Waals surface area contributed by atoms with Crippen LogP contribution in [0, 0.1) is 0 Å². The molecule has 2 aromatic rings. The predicted molar refractivity (Wildman–Crippen MR) is 69.9 cm³/mol. The van der Waals surface area contributed by atoms with Crippen molar-refractivity contribution in [2.24, 2.45) is 5.73 Å². The first-order chi connectivity index (χ1) is 9.20. The lowest BCUT2D eigenvalue weighted by Crippen LogP contribution is -2.42. The molecular weight excluding hydrogens is 244 g/mol. The van der Waals surface area contributed by atoms with Crippen molar-refractivity contribution in [3.63, 3.8) is 0 Å². The van der Waals surface area contributed by atoms with E-state index in [4.69, 9.17) is 14.6 Å². The third kappa shape index (κ3) is 3.48. The molecule has 2 heterocycles. The summed E-state index contributed by atoms with van der Waals surface area (Å²) in [6, 6.07) is 6.76. The van der Waals surface area contributed by atoms with E-state index in [2.05, 4.69) is 0 Å². The summed E-state index contributed by atoms with van der Waals surface area (Å²) >= 11 is 0. The number of carbonyl (C=O) groups excluding carboxylic acids is 1. The maximum Gasteiger partial charge on any atom is 0.240 e. The quantitative estimate of drug-likeness (QED) is 0.865. The van der Waals surface area contributed by atoms with E-state index >= 15 is 0 Å². The molecule has 5 heteroatoms. The molecule has 0 aromatic carbocycles. The smallest absolute Gasteiger partial charge is 0.240 e. The van der Waals surface area contributed by atoms with Gasteiger partial charge >= 0.3 is 0 Å². The molecule has 2 rings (SSSR count). The Bertz CT molecular complexity index is 455. The number of rotatable bonds is 6. The monoisotopic (exact) mass is 262 g/mol. The van der Waals surface area contributed by atoms with Crippen LogP contribution in [-0.4, -0.2) is 16.8 Å². The van der Waals surface area contributed by atoms with E-state index in [0.717, 1.165) is 11.5 Å². The van der Waals surface area contributed by atoms with E-state index < -0.39 is 6.04 Å². The minimum absolute atomic E-state index is 0.102. The standard InChI is InChI=1S/C14H18N2O3/c1-2-13(15)14(17)16(9-11-5-3-7-18-11)10-12-6-4-8-19-12/h3-8,13H,2,9-10,15H2,1H3. The number of amides is 1. The van der Waals surface area contributed by atoms with E-state index in [9.17, 15) is 4.79 Å². The molecule has 1 atom stereocenters. The highest BCUT2D eigenvalue weighted by Crippen LogP contribution is 2.12. The molecule has 102 valence electrons. The fourth-order valence-corrected chi connectivity index (χ4v) is 1.80. The third-order valence-electron chi connectivity index (χ3n) is 2.92. The van der Waals surface area contributed by atoms with Gasteiger partial charge < -0.3 is 19.5 Å². The highest BCUT2D eigenvalue weighted by molar-refractivity contribution is 5.81. The summed E-state index contributed by atoms with van der Waals surface area (Å²) in [5.74, 6) is 1.35. The molecule has 0 saturated heterocycles. The number of furan rings is 2. The molecule has 0 aliphatic heterocycles. The zero-order valence-electron chi connectivity index (χ0n) is 10.9. The summed E-state index contributed by atoms with van der Waals surface area (Å²) in [4.78, 5) is 13.9. The molecule has 0 aliphatic rings. The molecule has 0 bridgehead atoms. The Labute approximate surface area is 112 Å². The van der Waals surface area contributed by atoms with Gasteiger partial charge in [-0.15, -0.1) is 0 Å². The topological polar surface area (TPSA) is 72.6 Å². The van der Waals surface area contributed by atoms with E-state index in [1.54, 1.807) is 29.6 Å². The number of nitrogens with two attached hydrogens (primary N) is 1. The van der Waals surface area contributed by atoms with Crippen LogP contribution in [0.5, 0.6) is 0 Å². The van der Waals surface area contributed by atoms with Crippen LogP contribution in [0.2, 0.25) is 0 Å². The maximum atomic E-state index is 12.2. The second-order valence-electron chi connectivity index (χ2n) is 4.37. The van der Waals surface area contributed by atoms with Gasteiger partial charge in [0, 0.05) is 0 Å². The van der Waals surface area contributed by atoms with E-state index in [1.807, 2.05) is 19.1 Å². The van der Waals surface area contributed by atoms with Gasteiger partial charge in [0.15, 0.2) is 0 Å². The Balaban J connectivity index is 2.10. The largest absolute Gasteiger partial charge is 0.467 e. The van der Waals surface area contributed by atoms with Gasteiger partial charge in [-0.3, -0.25) is 4.79 Å². The molecule has 19 heavy (non-hydrogen) atoms. The van der Waals surface area contributed by atoms with Crippen molar-refractivity contribution in [3.05, 3.63) is 48.3 Å². The van der Waals surface area contributed by atoms with Gasteiger partial charge in [0.1, 0.15) is 11.5 Å². The minimum atomic E-state index is -0.495. The first kappa shape index (κ1) is 13.4. The molecule has 1 amide bonds. The maximum absolute atomic E-state index is 12.2. The van der Waals surface area contributed by atoms with Gasteiger partial charge in [0.25, 0.3) is 0 Å². The molecule has 2 aromatic heterocycles. The Morgan fingerprint density at radius 2 is 1.74 bits per heavy atom. The van der Waals surface area contributed by atoms with Gasteiger partial charge in [-0.1, -0.05) is 6.92 Å². The van der Waals surface area contributed by atoms with Crippen molar-refractivity contribution in [2.45, 2.75) is 32.5 Å². The number of carbonyl (C=O) groups is 1. The third-order valence-corrected chi connectivity index (χ3v) is 2.92. The normalized spacial score (nSPS) is 12.3. The molecule has 0 spiro atoms. The van der Waals surface area contributed by atoms with Crippen LogP contribution in [0.4, 0.5) is 0 Å². The van der Waals surface area contributed by atoms with Crippen LogP contribution >= 0.6 is 0 Å². The summed E-state index contributed by atoms with van der Waals surface area (Å²) in [5, 5.41) is 0. The average Bonchev–Trinajstić information content (AvgIpc) is 3.09. The molecule has 0 fully saturated rings. The summed E-state index contributed by atoms with van der Waals surface area (Å²) in [7, 11) is 0. The average molecular weight is 262 g/mol. The summed E-state index contributed by atoms with van der Waals surface area (Å²) in [6.45, 7) is 2.67. The van der Waals surface area contributed by atoms with Crippen molar-refractivity contribution < 1.29 is 13.6 Å². The molecular formula is C14H18N2O3. The zero-order valence-corrected chi connectivity index (χ0v) is 10.9. The molecule has 0 radical (unpaired) electrons. The first-order valence-electron chi connectivity index (χ1n) is 6.29. The zero-order chi connectivity index (χ0) is 13.7. The second kappa shape index (κ2) is 6.24. The number of nitrogens with zero attached hydrogens (tertiary/aromatic N) is 1. The lowest BCUT2D eigenvalue weighted by Gasteiger charge is -2.23. The summed E-state index contributed by atoms with van der Waals surface area (Å²) in [5.41, 5.74) is 5.82. The Morgan fingerprint density at radius 3 is 2.11 bits per heavy atom. The van der Waals surface area contributed by atoms with E-state index in [1.165, 1.54) is 0 Å². The lowest BCUT2D eigenvalue weighted by molar-refractivity contribution is -0.134. The fraction of sp³-hybridized carbons (Fsp3) is 0.357. The molecule has 0 aliphatic carbocycles. The van der Waals surface area contributed by atoms with Crippen molar-refractivity contribution in [1.29, 1.82) is 0 Å². The van der Waals surface area contributed by atoms with Gasteiger partial charge in [0.2, 0.25) is 5.91 Å². The van der Waals surface area contributed by atoms with Crippen LogP contribution < -0.4 is 5.73 Å². The van der Waals surface area contributed by atoms with Crippen LogP contribution in [0.1, 0.15) is 24.9 Å². The van der Waals surface area contributed by atoms with E-state index in [0.29, 0.717) is 19.5 Å². The first-order valence-corrected chi connectivity index (χ1v) is 6.29. The summed E-state index contributed by atoms with van der Waals surface area (Å²) < 4.78 is 10.6. The molecule has 0 saturated carbocycles. The van der Waals surface area contributed by atoms with Gasteiger partial charge in [-0.05, 0) is 30.7 Å². The van der Waals surface area contributed by atoms with Crippen LogP contribution in [0.25, 0.3) is 0 Å². The highest BCUT2D eigenvalue weighted by atomic mass is 16.3. The van der Waals surface area contributed by atoms with Crippen molar-refractivity contribution in [3.8, 4) is 0 Å². The van der Waals surface area contributed by atoms with Crippen LogP contribution in [-0.2, 0) is 17.9 Å². The minimum Gasteiger partial charge on any atom is -0.467 e. The van der Waals surface area contributed by atoms with Gasteiger partial charge in [-0.2, -0.15) is 0 Å². The lowest BCUT2D eigenvalue weighted by atomic mass is 10.2. The van der Waals surface area contributed by atoms with Gasteiger partial charge in [-0.25, -0.2) is 0 Å². The van der Waals surface area contributed by atoms with E-state index in [-0.39, 0.29) is 5.91 Å². The van der Waals surface area contributed by atoms with Crippen molar-refractivity contribution >= 4 is 5.91 Å². The second-order valence-corrected chi connectivity index (χ2v) is 4.37. The molecule has 5 nitrogen and oxygen atoms in total. The van der Waals surface area contributed by atoms with Crippen molar-refractivity contribution in [2.75, 3.05) is 0 Å². The SMILES string of the molecule is CCC(N)C(=O)N(Cc1ccco1)Cc1ccco1. The van der Waals surface area contributed by atoms with Crippen molar-refractivity contribution in [1.82, 2.24) is 4.90 Å². The predicted octanol–water partition coefficient (Wildman–Crippen LogP) is 2.14. The number of hydrogen-bond acceptors (Lipinski definition) is 4. The Morgan fingerprint density at radius 1 is 1.21 bits per heavy atom.